The monoisotopic (exact) mass is 395 g/mol. The fourth-order valence-corrected chi connectivity index (χ4v) is 3.52. The van der Waals surface area contributed by atoms with Crippen LogP contribution in [0.1, 0.15) is 50.2 Å². The van der Waals surface area contributed by atoms with Crippen molar-refractivity contribution in [3.05, 3.63) is 59.3 Å². The zero-order valence-electron chi connectivity index (χ0n) is 16.0. The number of alkyl halides is 3. The van der Waals surface area contributed by atoms with Crippen molar-refractivity contribution in [1.29, 1.82) is 0 Å². The predicted octanol–water partition coefficient (Wildman–Crippen LogP) is 4.82. The zero-order chi connectivity index (χ0) is 20.9. The summed E-state index contributed by atoms with van der Waals surface area (Å²) in [5.74, 6) is -2.03. The van der Waals surface area contributed by atoms with E-state index >= 15 is 0 Å². The molecule has 4 nitrogen and oxygen atoms in total. The van der Waals surface area contributed by atoms with Crippen molar-refractivity contribution in [2.24, 2.45) is 0 Å². The zero-order valence-corrected chi connectivity index (χ0v) is 16.0. The number of halogens is 3. The lowest BCUT2D eigenvalue weighted by Gasteiger charge is -2.36. The maximum atomic E-state index is 13.6. The molecule has 1 amide bonds. The number of esters is 1. The van der Waals surface area contributed by atoms with Crippen molar-refractivity contribution in [2.45, 2.75) is 45.2 Å². The number of amides is 1. The SMILES string of the molecule is C=CCN1C(=O)C[C@@H](c2ccccc2C(F)(F)F)C(C(=O)OCC)=C1CCC. The molecule has 0 bridgehead atoms. The molecular weight excluding hydrogens is 371 g/mol. The number of nitrogens with zero attached hydrogens (tertiary/aromatic N) is 1. The van der Waals surface area contributed by atoms with Gasteiger partial charge in [0.15, 0.2) is 0 Å². The van der Waals surface area contributed by atoms with Crippen molar-refractivity contribution < 1.29 is 27.5 Å². The van der Waals surface area contributed by atoms with Gasteiger partial charge in [-0.15, -0.1) is 6.58 Å². The minimum atomic E-state index is -4.59. The van der Waals surface area contributed by atoms with Crippen LogP contribution in [0.5, 0.6) is 0 Å². The number of carbonyl (C=O) groups excluding carboxylic acids is 2. The van der Waals surface area contributed by atoms with Crippen molar-refractivity contribution in [1.82, 2.24) is 4.90 Å². The normalized spacial score (nSPS) is 17.7. The van der Waals surface area contributed by atoms with Gasteiger partial charge in [0, 0.05) is 24.6 Å². The average Bonchev–Trinajstić information content (AvgIpc) is 2.64. The summed E-state index contributed by atoms with van der Waals surface area (Å²) in [5.41, 5.74) is -0.387. The Morgan fingerprint density at radius 2 is 2.00 bits per heavy atom. The molecule has 1 heterocycles. The van der Waals surface area contributed by atoms with E-state index in [2.05, 4.69) is 6.58 Å². The van der Waals surface area contributed by atoms with Gasteiger partial charge in [0.05, 0.1) is 17.7 Å². The van der Waals surface area contributed by atoms with Crippen molar-refractivity contribution in [3.8, 4) is 0 Å². The molecule has 1 aliphatic rings. The van der Waals surface area contributed by atoms with Crippen LogP contribution in [-0.4, -0.2) is 29.9 Å². The molecule has 0 aromatic heterocycles. The summed E-state index contributed by atoms with van der Waals surface area (Å²) in [6, 6.07) is 5.07. The quantitative estimate of drug-likeness (QED) is 0.491. The van der Waals surface area contributed by atoms with Gasteiger partial charge in [0.2, 0.25) is 5.91 Å². The van der Waals surface area contributed by atoms with Gasteiger partial charge in [-0.25, -0.2) is 4.79 Å². The molecule has 0 fully saturated rings. The molecule has 0 aliphatic carbocycles. The maximum Gasteiger partial charge on any atom is 0.416 e. The molecule has 0 N–H and O–H groups in total. The van der Waals surface area contributed by atoms with Gasteiger partial charge in [-0.3, -0.25) is 4.79 Å². The van der Waals surface area contributed by atoms with Gasteiger partial charge < -0.3 is 9.64 Å². The number of carbonyl (C=O) groups is 2. The third kappa shape index (κ3) is 4.46. The molecule has 1 atom stereocenters. The first kappa shape index (κ1) is 21.7. The highest BCUT2D eigenvalue weighted by Crippen LogP contribution is 2.43. The second kappa shape index (κ2) is 9.08. The lowest BCUT2D eigenvalue weighted by molar-refractivity contribution is -0.142. The summed E-state index contributed by atoms with van der Waals surface area (Å²) in [7, 11) is 0. The van der Waals surface area contributed by atoms with Crippen LogP contribution >= 0.6 is 0 Å². The molecule has 0 radical (unpaired) electrons. The first-order valence-electron chi connectivity index (χ1n) is 9.23. The molecular formula is C21H24F3NO3. The molecule has 0 spiro atoms. The van der Waals surface area contributed by atoms with Crippen LogP contribution in [0.3, 0.4) is 0 Å². The van der Waals surface area contributed by atoms with E-state index in [1.807, 2.05) is 6.92 Å². The standard InChI is InChI=1S/C21H24F3NO3/c1-4-9-17-19(20(27)28-6-3)15(13-18(26)25(17)12-5-2)14-10-7-8-11-16(14)21(22,23)24/h5,7-8,10-11,15H,2,4,6,9,12-13H2,1,3H3/t15-/m0/s1. The van der Waals surface area contributed by atoms with E-state index in [-0.39, 0.29) is 36.6 Å². The van der Waals surface area contributed by atoms with E-state index in [0.717, 1.165) is 6.07 Å². The number of allylic oxidation sites excluding steroid dienone is 1. The molecule has 0 saturated heterocycles. The Morgan fingerprint density at radius 1 is 1.32 bits per heavy atom. The molecule has 2 rings (SSSR count). The van der Waals surface area contributed by atoms with Gasteiger partial charge in [0.25, 0.3) is 0 Å². The van der Waals surface area contributed by atoms with Crippen molar-refractivity contribution in [3.63, 3.8) is 0 Å². The second-order valence-electron chi connectivity index (χ2n) is 6.47. The topological polar surface area (TPSA) is 46.6 Å². The summed E-state index contributed by atoms with van der Waals surface area (Å²) in [6.45, 7) is 7.41. The second-order valence-corrected chi connectivity index (χ2v) is 6.47. The Morgan fingerprint density at radius 3 is 2.57 bits per heavy atom. The Hall–Kier alpha value is -2.57. The Balaban J connectivity index is 2.73. The van der Waals surface area contributed by atoms with E-state index < -0.39 is 23.6 Å². The lowest BCUT2D eigenvalue weighted by atomic mass is 9.80. The number of hydrogen-bond acceptors (Lipinski definition) is 3. The minimum Gasteiger partial charge on any atom is -0.463 e. The highest BCUT2D eigenvalue weighted by atomic mass is 19.4. The summed E-state index contributed by atoms with van der Waals surface area (Å²) in [6.07, 6.45) is -2.31. The van der Waals surface area contributed by atoms with E-state index in [9.17, 15) is 22.8 Å². The van der Waals surface area contributed by atoms with Crippen LogP contribution in [0.2, 0.25) is 0 Å². The number of ether oxygens (including phenoxy) is 1. The molecule has 28 heavy (non-hydrogen) atoms. The molecule has 0 unspecified atom stereocenters. The van der Waals surface area contributed by atoms with Gasteiger partial charge >= 0.3 is 12.1 Å². The molecule has 1 aliphatic heterocycles. The Labute approximate surface area is 162 Å². The van der Waals surface area contributed by atoms with Crippen molar-refractivity contribution in [2.75, 3.05) is 13.2 Å². The largest absolute Gasteiger partial charge is 0.463 e. The highest BCUT2D eigenvalue weighted by molar-refractivity contribution is 5.96. The van der Waals surface area contributed by atoms with E-state index in [0.29, 0.717) is 18.5 Å². The summed E-state index contributed by atoms with van der Waals surface area (Å²) in [4.78, 5) is 26.9. The maximum absolute atomic E-state index is 13.6. The smallest absolute Gasteiger partial charge is 0.416 e. The molecule has 1 aromatic rings. The van der Waals surface area contributed by atoms with E-state index in [1.54, 1.807) is 6.92 Å². The van der Waals surface area contributed by atoms with Crippen LogP contribution in [-0.2, 0) is 20.5 Å². The fraction of sp³-hybridized carbons (Fsp3) is 0.429. The third-order valence-corrected chi connectivity index (χ3v) is 4.60. The number of benzene rings is 1. The fourth-order valence-electron chi connectivity index (χ4n) is 3.52. The molecule has 7 heteroatoms. The van der Waals surface area contributed by atoms with Crippen LogP contribution in [0.4, 0.5) is 13.2 Å². The van der Waals surface area contributed by atoms with Gasteiger partial charge in [-0.1, -0.05) is 37.6 Å². The van der Waals surface area contributed by atoms with Gasteiger partial charge in [0.1, 0.15) is 0 Å². The van der Waals surface area contributed by atoms with Crippen LogP contribution in [0, 0.1) is 0 Å². The van der Waals surface area contributed by atoms with Gasteiger partial charge in [-0.05, 0) is 25.0 Å². The number of rotatable bonds is 7. The van der Waals surface area contributed by atoms with Crippen LogP contribution < -0.4 is 0 Å². The minimum absolute atomic E-state index is 0.0849. The first-order valence-corrected chi connectivity index (χ1v) is 9.23. The number of hydrogen-bond donors (Lipinski definition) is 0. The first-order chi connectivity index (χ1) is 13.3. The molecule has 1 aromatic carbocycles. The predicted molar refractivity (Wildman–Crippen MR) is 99.3 cm³/mol. The van der Waals surface area contributed by atoms with E-state index in [1.165, 1.54) is 29.2 Å². The van der Waals surface area contributed by atoms with Crippen molar-refractivity contribution >= 4 is 11.9 Å². The Bertz CT molecular complexity index is 783. The highest BCUT2D eigenvalue weighted by Gasteiger charge is 2.42. The molecule has 152 valence electrons. The summed E-state index contributed by atoms with van der Waals surface area (Å²) >= 11 is 0. The summed E-state index contributed by atoms with van der Waals surface area (Å²) in [5, 5.41) is 0. The van der Waals surface area contributed by atoms with Crippen LogP contribution in [0.15, 0.2) is 48.2 Å². The third-order valence-electron chi connectivity index (χ3n) is 4.60. The molecule has 0 saturated carbocycles. The Kier molecular flexibility index (Phi) is 7.05. The van der Waals surface area contributed by atoms with E-state index in [4.69, 9.17) is 4.74 Å². The lowest BCUT2D eigenvalue weighted by Crippen LogP contribution is -2.39. The van der Waals surface area contributed by atoms with Gasteiger partial charge in [-0.2, -0.15) is 13.2 Å². The average molecular weight is 395 g/mol. The summed E-state index contributed by atoms with van der Waals surface area (Å²) < 4.78 is 45.9. The van der Waals surface area contributed by atoms with Crippen LogP contribution in [0.25, 0.3) is 0 Å².